The molecule has 0 spiro atoms. The Kier molecular flexibility index (Phi) is 6.28. The number of nitrogens with zero attached hydrogens (tertiary/aromatic N) is 2. The number of amides is 2. The molecule has 10 heteroatoms. The van der Waals surface area contributed by atoms with E-state index in [2.05, 4.69) is 10.3 Å². The van der Waals surface area contributed by atoms with E-state index in [-0.39, 0.29) is 17.3 Å². The largest absolute Gasteiger partial charge is 0.479 e. The Morgan fingerprint density at radius 3 is 2.58 bits per heavy atom. The van der Waals surface area contributed by atoms with E-state index in [0.717, 1.165) is 12.1 Å². The molecule has 0 bridgehead atoms. The number of fused-ring (bicyclic) bond motifs is 1. The molecule has 1 N–H and O–H groups in total. The van der Waals surface area contributed by atoms with E-state index in [1.165, 1.54) is 17.9 Å². The van der Waals surface area contributed by atoms with Gasteiger partial charge in [-0.25, -0.2) is 4.98 Å². The SMILES string of the molecule is CCCC(=O)c1ccc2c(c1)N(CC(=O)Nc1ccc(C(F)(F)F)cn1)C(=O)C(C)O2. The number of benzene rings is 1. The molecule has 1 aromatic carbocycles. The molecule has 3 rings (SSSR count). The monoisotopic (exact) mass is 435 g/mol. The summed E-state index contributed by atoms with van der Waals surface area (Å²) in [4.78, 5) is 42.1. The molecular formula is C21H20F3N3O4. The number of ether oxygens (including phenoxy) is 1. The number of nitrogens with one attached hydrogen (secondary N) is 1. The maximum Gasteiger partial charge on any atom is 0.417 e. The number of carbonyl (C=O) groups is 3. The Morgan fingerprint density at radius 2 is 1.97 bits per heavy atom. The Morgan fingerprint density at radius 1 is 1.23 bits per heavy atom. The predicted molar refractivity (Wildman–Crippen MR) is 106 cm³/mol. The third-order valence-electron chi connectivity index (χ3n) is 4.63. The minimum Gasteiger partial charge on any atom is -0.479 e. The van der Waals surface area contributed by atoms with Crippen LogP contribution in [0, 0.1) is 0 Å². The zero-order valence-electron chi connectivity index (χ0n) is 16.8. The number of Topliss-reactive ketones (excluding diaryl/α,β-unsaturated/α-hetero) is 1. The molecule has 1 atom stereocenters. The third-order valence-corrected chi connectivity index (χ3v) is 4.63. The van der Waals surface area contributed by atoms with E-state index < -0.39 is 36.2 Å². The van der Waals surface area contributed by atoms with Gasteiger partial charge >= 0.3 is 6.18 Å². The molecule has 1 aliphatic rings. The number of alkyl halides is 3. The lowest BCUT2D eigenvalue weighted by Gasteiger charge is -2.32. The van der Waals surface area contributed by atoms with Crippen LogP contribution in [0.25, 0.3) is 0 Å². The predicted octanol–water partition coefficient (Wildman–Crippen LogP) is 3.84. The molecule has 2 aromatic rings. The Bertz CT molecular complexity index is 1010. The fourth-order valence-electron chi connectivity index (χ4n) is 3.08. The van der Waals surface area contributed by atoms with Gasteiger partial charge in [0.1, 0.15) is 18.1 Å². The molecule has 0 saturated heterocycles. The quantitative estimate of drug-likeness (QED) is 0.697. The normalized spacial score (nSPS) is 15.8. The van der Waals surface area contributed by atoms with Gasteiger partial charge < -0.3 is 10.1 Å². The molecule has 0 saturated carbocycles. The van der Waals surface area contributed by atoms with Gasteiger partial charge in [-0.1, -0.05) is 6.92 Å². The third kappa shape index (κ3) is 5.01. The molecule has 164 valence electrons. The van der Waals surface area contributed by atoms with E-state index >= 15 is 0 Å². The van der Waals surface area contributed by atoms with Crippen molar-refractivity contribution in [2.24, 2.45) is 0 Å². The van der Waals surface area contributed by atoms with Crippen molar-refractivity contribution in [3.8, 4) is 5.75 Å². The second kappa shape index (κ2) is 8.75. The van der Waals surface area contributed by atoms with Crippen molar-refractivity contribution in [3.05, 3.63) is 47.7 Å². The summed E-state index contributed by atoms with van der Waals surface area (Å²) in [6.45, 7) is 2.98. The van der Waals surface area contributed by atoms with Gasteiger partial charge in [0.2, 0.25) is 5.91 Å². The highest BCUT2D eigenvalue weighted by Crippen LogP contribution is 2.35. The van der Waals surface area contributed by atoms with E-state index in [0.29, 0.717) is 30.4 Å². The fourth-order valence-corrected chi connectivity index (χ4v) is 3.08. The topological polar surface area (TPSA) is 88.6 Å². The summed E-state index contributed by atoms with van der Waals surface area (Å²) in [5.74, 6) is -0.983. The number of halogens is 3. The van der Waals surface area contributed by atoms with E-state index in [1.807, 2.05) is 6.92 Å². The molecule has 0 fully saturated rings. The molecule has 2 heterocycles. The van der Waals surface area contributed by atoms with Crippen LogP contribution < -0.4 is 15.0 Å². The molecule has 31 heavy (non-hydrogen) atoms. The first-order valence-corrected chi connectivity index (χ1v) is 9.58. The molecule has 2 amide bonds. The van der Waals surface area contributed by atoms with Gasteiger partial charge in [0.15, 0.2) is 11.9 Å². The first-order chi connectivity index (χ1) is 14.6. The van der Waals surface area contributed by atoms with Gasteiger partial charge in [-0.05, 0) is 43.7 Å². The lowest BCUT2D eigenvalue weighted by molar-refractivity contribution is -0.137. The van der Waals surface area contributed by atoms with E-state index in [1.54, 1.807) is 12.1 Å². The number of hydrogen-bond acceptors (Lipinski definition) is 5. The average molecular weight is 435 g/mol. The smallest absolute Gasteiger partial charge is 0.417 e. The van der Waals surface area contributed by atoms with Crippen molar-refractivity contribution >= 4 is 29.1 Å². The number of ketones is 1. The first kappa shape index (κ1) is 22.3. The van der Waals surface area contributed by atoms with Gasteiger partial charge in [-0.3, -0.25) is 19.3 Å². The number of aromatic nitrogens is 1. The highest BCUT2D eigenvalue weighted by Gasteiger charge is 2.34. The summed E-state index contributed by atoms with van der Waals surface area (Å²) in [6, 6.07) is 6.50. The summed E-state index contributed by atoms with van der Waals surface area (Å²) < 4.78 is 43.5. The lowest BCUT2D eigenvalue weighted by atomic mass is 10.0. The van der Waals surface area contributed by atoms with Gasteiger partial charge in [-0.15, -0.1) is 0 Å². The van der Waals surface area contributed by atoms with E-state index in [4.69, 9.17) is 4.74 Å². The van der Waals surface area contributed by atoms with Crippen LogP contribution in [0.5, 0.6) is 5.75 Å². The lowest BCUT2D eigenvalue weighted by Crippen LogP contribution is -2.47. The maximum absolute atomic E-state index is 12.6. The van der Waals surface area contributed by atoms with Crippen LogP contribution in [0.1, 0.15) is 42.6 Å². The highest BCUT2D eigenvalue weighted by atomic mass is 19.4. The zero-order chi connectivity index (χ0) is 22.8. The second-order valence-electron chi connectivity index (χ2n) is 7.02. The number of carbonyl (C=O) groups excluding carboxylic acids is 3. The fraction of sp³-hybridized carbons (Fsp3) is 0.333. The summed E-state index contributed by atoms with van der Waals surface area (Å²) in [6.07, 6.45) is -3.78. The highest BCUT2D eigenvalue weighted by molar-refractivity contribution is 6.07. The summed E-state index contributed by atoms with van der Waals surface area (Å²) >= 11 is 0. The molecular weight excluding hydrogens is 415 g/mol. The van der Waals surface area contributed by atoms with Crippen LogP contribution in [0.15, 0.2) is 36.5 Å². The average Bonchev–Trinajstić information content (AvgIpc) is 2.71. The Balaban J connectivity index is 1.80. The summed E-state index contributed by atoms with van der Waals surface area (Å²) in [7, 11) is 0. The van der Waals surface area contributed by atoms with Crippen molar-refractivity contribution in [3.63, 3.8) is 0 Å². The molecule has 1 unspecified atom stereocenters. The molecule has 0 aliphatic carbocycles. The molecule has 1 aromatic heterocycles. The number of pyridine rings is 1. The van der Waals surface area contributed by atoms with Crippen molar-refractivity contribution in [1.29, 1.82) is 0 Å². The van der Waals surface area contributed by atoms with Crippen molar-refractivity contribution < 1.29 is 32.3 Å². The van der Waals surface area contributed by atoms with Crippen LogP contribution in [0.3, 0.4) is 0 Å². The Labute approximate surface area is 176 Å². The van der Waals surface area contributed by atoms with Gasteiger partial charge in [0.25, 0.3) is 5.91 Å². The van der Waals surface area contributed by atoms with Crippen molar-refractivity contribution in [2.45, 2.75) is 39.0 Å². The zero-order valence-corrected chi connectivity index (χ0v) is 16.8. The van der Waals surface area contributed by atoms with Gasteiger partial charge in [-0.2, -0.15) is 13.2 Å². The molecule has 1 aliphatic heterocycles. The standard InChI is InChI=1S/C21H20F3N3O4/c1-3-4-16(28)13-5-7-17-15(9-13)27(20(30)12(2)31-17)11-19(29)26-18-8-6-14(10-25-18)21(22,23)24/h5-10,12H,3-4,11H2,1-2H3,(H,25,26,29). The second-order valence-corrected chi connectivity index (χ2v) is 7.02. The van der Waals surface area contributed by atoms with Crippen LogP contribution in [-0.4, -0.2) is 35.2 Å². The van der Waals surface area contributed by atoms with Crippen molar-refractivity contribution in [2.75, 3.05) is 16.8 Å². The van der Waals surface area contributed by atoms with Crippen LogP contribution in [-0.2, 0) is 15.8 Å². The minimum absolute atomic E-state index is 0.0844. The van der Waals surface area contributed by atoms with Crippen molar-refractivity contribution in [1.82, 2.24) is 4.98 Å². The number of rotatable bonds is 6. The van der Waals surface area contributed by atoms with Crippen LogP contribution in [0.4, 0.5) is 24.7 Å². The summed E-state index contributed by atoms with van der Waals surface area (Å²) in [5, 5.41) is 2.37. The number of hydrogen-bond donors (Lipinski definition) is 1. The van der Waals surface area contributed by atoms with Gasteiger partial charge in [0, 0.05) is 18.2 Å². The van der Waals surface area contributed by atoms with Gasteiger partial charge in [0.05, 0.1) is 11.3 Å². The molecule has 7 nitrogen and oxygen atoms in total. The molecule has 0 radical (unpaired) electrons. The Hall–Kier alpha value is -3.43. The van der Waals surface area contributed by atoms with Crippen LogP contribution >= 0.6 is 0 Å². The van der Waals surface area contributed by atoms with Crippen LogP contribution in [0.2, 0.25) is 0 Å². The summed E-state index contributed by atoms with van der Waals surface area (Å²) in [5.41, 5.74) is -0.275. The maximum atomic E-state index is 12.6. The first-order valence-electron chi connectivity index (χ1n) is 9.58. The van der Waals surface area contributed by atoms with E-state index in [9.17, 15) is 27.6 Å². The number of anilines is 2. The minimum atomic E-state index is -4.54.